The van der Waals surface area contributed by atoms with Gasteiger partial charge in [-0.05, 0) is 24.8 Å². The largest absolute Gasteiger partial charge is 0.398 e. The molecule has 2 atom stereocenters. The number of hydrogen-bond acceptors (Lipinski definition) is 2. The number of amides is 1. The molecular formula is C15H20F2N2O. The molecule has 1 aromatic carbocycles. The van der Waals surface area contributed by atoms with Gasteiger partial charge in [-0.3, -0.25) is 4.79 Å². The molecule has 20 heavy (non-hydrogen) atoms. The molecule has 3 nitrogen and oxygen atoms in total. The minimum Gasteiger partial charge on any atom is -0.398 e. The van der Waals surface area contributed by atoms with Crippen molar-refractivity contribution >= 4 is 11.6 Å². The first-order valence-corrected chi connectivity index (χ1v) is 6.93. The van der Waals surface area contributed by atoms with Gasteiger partial charge in [-0.25, -0.2) is 8.78 Å². The van der Waals surface area contributed by atoms with Crippen LogP contribution in [0.3, 0.4) is 0 Å². The highest BCUT2D eigenvalue weighted by atomic mass is 19.2. The Morgan fingerprint density at radius 2 is 1.85 bits per heavy atom. The minimum atomic E-state index is -1.05. The second kappa shape index (κ2) is 5.77. The molecule has 1 aromatic rings. The van der Waals surface area contributed by atoms with Crippen LogP contribution in [0.25, 0.3) is 0 Å². The van der Waals surface area contributed by atoms with Gasteiger partial charge >= 0.3 is 0 Å². The zero-order valence-electron chi connectivity index (χ0n) is 11.8. The van der Waals surface area contributed by atoms with E-state index in [1.807, 2.05) is 0 Å². The second-order valence-corrected chi connectivity index (χ2v) is 5.60. The summed E-state index contributed by atoms with van der Waals surface area (Å²) in [6.07, 6.45) is 4.27. The lowest BCUT2D eigenvalue weighted by molar-refractivity contribution is 0.0629. The summed E-state index contributed by atoms with van der Waals surface area (Å²) in [5.41, 5.74) is 5.65. The number of halogens is 2. The molecule has 1 amide bonds. The van der Waals surface area contributed by atoms with Gasteiger partial charge in [0.2, 0.25) is 0 Å². The normalized spacial score (nSPS) is 22.6. The smallest absolute Gasteiger partial charge is 0.256 e. The van der Waals surface area contributed by atoms with Crippen molar-refractivity contribution in [2.75, 3.05) is 12.8 Å². The van der Waals surface area contributed by atoms with Gasteiger partial charge in [0.05, 0.1) is 5.56 Å². The molecule has 0 aliphatic heterocycles. The average Bonchev–Trinajstić information content (AvgIpc) is 2.42. The second-order valence-electron chi connectivity index (χ2n) is 5.60. The van der Waals surface area contributed by atoms with Crippen LogP contribution in [0.15, 0.2) is 12.1 Å². The summed E-state index contributed by atoms with van der Waals surface area (Å²) in [5.74, 6) is -2.02. The summed E-state index contributed by atoms with van der Waals surface area (Å²) in [6, 6.07) is 1.88. The van der Waals surface area contributed by atoms with E-state index < -0.39 is 11.6 Å². The van der Waals surface area contributed by atoms with Gasteiger partial charge in [0.15, 0.2) is 11.6 Å². The van der Waals surface area contributed by atoms with Crippen molar-refractivity contribution in [3.05, 3.63) is 29.3 Å². The average molecular weight is 282 g/mol. The van der Waals surface area contributed by atoms with E-state index in [0.29, 0.717) is 5.92 Å². The van der Waals surface area contributed by atoms with Crippen molar-refractivity contribution in [1.82, 2.24) is 4.90 Å². The molecule has 5 heteroatoms. The number of nitrogens with two attached hydrogens (primary N) is 1. The molecule has 2 unspecified atom stereocenters. The highest BCUT2D eigenvalue weighted by Gasteiger charge is 2.29. The third-order valence-electron chi connectivity index (χ3n) is 4.21. The number of rotatable bonds is 2. The van der Waals surface area contributed by atoms with Gasteiger partial charge in [0.1, 0.15) is 0 Å². The summed E-state index contributed by atoms with van der Waals surface area (Å²) < 4.78 is 26.4. The van der Waals surface area contributed by atoms with Crippen molar-refractivity contribution in [1.29, 1.82) is 0 Å². The van der Waals surface area contributed by atoms with E-state index in [9.17, 15) is 13.6 Å². The molecule has 0 bridgehead atoms. The van der Waals surface area contributed by atoms with Crippen LogP contribution in [-0.2, 0) is 0 Å². The highest BCUT2D eigenvalue weighted by molar-refractivity contribution is 5.99. The van der Waals surface area contributed by atoms with Crippen LogP contribution in [0.4, 0.5) is 14.5 Å². The summed E-state index contributed by atoms with van der Waals surface area (Å²) in [5, 5.41) is 0. The predicted octanol–water partition coefficient (Wildman–Crippen LogP) is 3.20. The monoisotopic (exact) mass is 282 g/mol. The zero-order valence-corrected chi connectivity index (χ0v) is 11.8. The summed E-state index contributed by atoms with van der Waals surface area (Å²) in [7, 11) is 1.70. The van der Waals surface area contributed by atoms with Crippen molar-refractivity contribution in [2.24, 2.45) is 5.92 Å². The van der Waals surface area contributed by atoms with Crippen LogP contribution in [-0.4, -0.2) is 23.9 Å². The Balaban J connectivity index is 2.24. The maximum absolute atomic E-state index is 13.3. The molecule has 0 spiro atoms. The molecule has 0 saturated heterocycles. The number of anilines is 1. The Bertz CT molecular complexity index is 519. The predicted molar refractivity (Wildman–Crippen MR) is 74.3 cm³/mol. The number of hydrogen-bond donors (Lipinski definition) is 1. The Hall–Kier alpha value is -1.65. The first-order valence-electron chi connectivity index (χ1n) is 6.93. The van der Waals surface area contributed by atoms with Crippen molar-refractivity contribution in [3.63, 3.8) is 0 Å². The van der Waals surface area contributed by atoms with E-state index in [1.165, 1.54) is 6.42 Å². The maximum atomic E-state index is 13.3. The first-order chi connectivity index (χ1) is 9.41. The van der Waals surface area contributed by atoms with E-state index in [1.54, 1.807) is 11.9 Å². The fourth-order valence-electron chi connectivity index (χ4n) is 2.96. The molecule has 1 aliphatic rings. The van der Waals surface area contributed by atoms with E-state index in [4.69, 9.17) is 5.73 Å². The summed E-state index contributed by atoms with van der Waals surface area (Å²) in [6.45, 7) is 2.11. The van der Waals surface area contributed by atoms with Gasteiger partial charge in [-0.1, -0.05) is 19.8 Å². The molecule has 1 saturated carbocycles. The minimum absolute atomic E-state index is 0.0239. The van der Waals surface area contributed by atoms with E-state index in [2.05, 4.69) is 6.92 Å². The number of carbonyl (C=O) groups is 1. The number of nitrogen functional groups attached to an aromatic ring is 1. The van der Waals surface area contributed by atoms with E-state index in [0.717, 1.165) is 31.4 Å². The topological polar surface area (TPSA) is 46.3 Å². The Kier molecular flexibility index (Phi) is 4.26. The van der Waals surface area contributed by atoms with Crippen molar-refractivity contribution < 1.29 is 13.6 Å². The lowest BCUT2D eigenvalue weighted by Gasteiger charge is -2.36. The number of nitrogens with zero attached hydrogens (tertiary/aromatic N) is 1. The standard InChI is InChI=1S/C15H20F2N2O/c1-9-5-3-4-6-14(9)19(2)15(20)10-7-11(16)12(17)8-13(10)18/h7-9,14H,3-6,18H2,1-2H3. The third-order valence-corrected chi connectivity index (χ3v) is 4.21. The SMILES string of the molecule is CC1CCCCC1N(C)C(=O)c1cc(F)c(F)cc1N. The lowest BCUT2D eigenvalue weighted by Crippen LogP contribution is -2.42. The fraction of sp³-hybridized carbons (Fsp3) is 0.533. The Labute approximate surface area is 117 Å². The van der Waals surface area contributed by atoms with Crippen LogP contribution in [0.1, 0.15) is 43.0 Å². The Morgan fingerprint density at radius 3 is 2.50 bits per heavy atom. The number of carbonyl (C=O) groups excluding carboxylic acids is 1. The quantitative estimate of drug-likeness (QED) is 0.847. The van der Waals surface area contributed by atoms with Crippen LogP contribution in [0, 0.1) is 17.6 Å². The van der Waals surface area contributed by atoms with Gasteiger partial charge < -0.3 is 10.6 Å². The third kappa shape index (κ3) is 2.76. The Morgan fingerprint density at radius 1 is 1.25 bits per heavy atom. The molecule has 1 aliphatic carbocycles. The zero-order chi connectivity index (χ0) is 14.9. The molecule has 0 aromatic heterocycles. The van der Waals surface area contributed by atoms with Crippen LogP contribution in [0.5, 0.6) is 0 Å². The molecule has 2 rings (SSSR count). The molecule has 110 valence electrons. The molecular weight excluding hydrogens is 262 g/mol. The van der Waals surface area contributed by atoms with Crippen LogP contribution in [0.2, 0.25) is 0 Å². The van der Waals surface area contributed by atoms with E-state index in [-0.39, 0.29) is 23.2 Å². The summed E-state index contributed by atoms with van der Waals surface area (Å²) >= 11 is 0. The summed E-state index contributed by atoms with van der Waals surface area (Å²) in [4.78, 5) is 14.0. The number of benzene rings is 1. The van der Waals surface area contributed by atoms with Crippen molar-refractivity contribution in [2.45, 2.75) is 38.6 Å². The molecule has 0 heterocycles. The van der Waals surface area contributed by atoms with Gasteiger partial charge in [-0.15, -0.1) is 0 Å². The highest BCUT2D eigenvalue weighted by Crippen LogP contribution is 2.29. The first kappa shape index (κ1) is 14.8. The molecule has 2 N–H and O–H groups in total. The van der Waals surface area contributed by atoms with Crippen LogP contribution >= 0.6 is 0 Å². The lowest BCUT2D eigenvalue weighted by atomic mass is 9.85. The van der Waals surface area contributed by atoms with Gasteiger partial charge in [-0.2, -0.15) is 0 Å². The van der Waals surface area contributed by atoms with Crippen molar-refractivity contribution in [3.8, 4) is 0 Å². The van der Waals surface area contributed by atoms with Gasteiger partial charge in [0, 0.05) is 24.8 Å². The van der Waals surface area contributed by atoms with E-state index >= 15 is 0 Å². The van der Waals surface area contributed by atoms with Crippen LogP contribution < -0.4 is 5.73 Å². The molecule has 0 radical (unpaired) electrons. The molecule has 1 fully saturated rings. The van der Waals surface area contributed by atoms with Gasteiger partial charge in [0.25, 0.3) is 5.91 Å². The maximum Gasteiger partial charge on any atom is 0.256 e. The fourth-order valence-corrected chi connectivity index (χ4v) is 2.96.